The van der Waals surface area contributed by atoms with Gasteiger partial charge in [0.2, 0.25) is 0 Å². The maximum absolute atomic E-state index is 5.02. The Morgan fingerprint density at radius 3 is 2.83 bits per heavy atom. The van der Waals surface area contributed by atoms with Gasteiger partial charge in [0.15, 0.2) is 0 Å². The highest BCUT2D eigenvalue weighted by Crippen LogP contribution is 2.22. The quantitative estimate of drug-likeness (QED) is 0.581. The Kier molecular flexibility index (Phi) is 7.32. The second kappa shape index (κ2) is 8.51. The largest absolute Gasteiger partial charge is 0.385 e. The number of rotatable bonds is 8. The number of pyridine rings is 1. The lowest BCUT2D eigenvalue weighted by atomic mass is 10.3. The minimum absolute atomic E-state index is 0.529. The van der Waals surface area contributed by atoms with Crippen LogP contribution in [0.3, 0.4) is 0 Å². The van der Waals surface area contributed by atoms with Crippen LogP contribution >= 0.6 is 11.8 Å². The van der Waals surface area contributed by atoms with E-state index in [0.717, 1.165) is 36.8 Å². The van der Waals surface area contributed by atoms with Crippen LogP contribution in [0.4, 0.5) is 0 Å². The van der Waals surface area contributed by atoms with E-state index in [4.69, 9.17) is 4.74 Å². The molecule has 1 heterocycles. The molecule has 0 spiro atoms. The molecule has 1 aromatic heterocycles. The number of methoxy groups -OCH3 is 1. The fraction of sp³-hybridized carbons (Fsp3) is 0.643. The third-order valence-electron chi connectivity index (χ3n) is 2.53. The zero-order chi connectivity index (χ0) is 13.4. The SMILES string of the molecule is COCCCNCC(C)Sc1cc(C)cc(C)n1. The third kappa shape index (κ3) is 6.38. The maximum atomic E-state index is 5.02. The van der Waals surface area contributed by atoms with E-state index in [2.05, 4.69) is 36.3 Å². The lowest BCUT2D eigenvalue weighted by Gasteiger charge is -2.12. The van der Waals surface area contributed by atoms with Gasteiger partial charge in [0.1, 0.15) is 0 Å². The molecule has 0 amide bonds. The summed E-state index contributed by atoms with van der Waals surface area (Å²) in [4.78, 5) is 4.55. The molecule has 0 aliphatic heterocycles. The normalized spacial score (nSPS) is 12.7. The van der Waals surface area contributed by atoms with Crippen molar-refractivity contribution in [3.05, 3.63) is 23.4 Å². The summed E-state index contributed by atoms with van der Waals surface area (Å²) in [6, 6.07) is 4.26. The highest BCUT2D eigenvalue weighted by Gasteiger charge is 2.06. The molecule has 18 heavy (non-hydrogen) atoms. The highest BCUT2D eigenvalue weighted by molar-refractivity contribution is 7.99. The second-order valence-electron chi connectivity index (χ2n) is 4.60. The van der Waals surface area contributed by atoms with E-state index in [9.17, 15) is 0 Å². The van der Waals surface area contributed by atoms with Gasteiger partial charge in [-0.25, -0.2) is 4.98 Å². The molecule has 4 heteroatoms. The van der Waals surface area contributed by atoms with E-state index in [0.29, 0.717) is 5.25 Å². The number of hydrogen-bond donors (Lipinski definition) is 1. The van der Waals surface area contributed by atoms with Gasteiger partial charge in [-0.05, 0) is 44.5 Å². The first-order valence-electron chi connectivity index (χ1n) is 6.43. The van der Waals surface area contributed by atoms with Crippen molar-refractivity contribution in [1.29, 1.82) is 0 Å². The lowest BCUT2D eigenvalue weighted by Crippen LogP contribution is -2.24. The molecule has 1 N–H and O–H groups in total. The predicted molar refractivity (Wildman–Crippen MR) is 78.4 cm³/mol. The van der Waals surface area contributed by atoms with Gasteiger partial charge in [-0.3, -0.25) is 0 Å². The van der Waals surface area contributed by atoms with Crippen molar-refractivity contribution in [2.75, 3.05) is 26.8 Å². The lowest BCUT2D eigenvalue weighted by molar-refractivity contribution is 0.194. The van der Waals surface area contributed by atoms with Crippen LogP contribution in [0, 0.1) is 13.8 Å². The fourth-order valence-corrected chi connectivity index (χ4v) is 2.82. The Hall–Kier alpha value is -0.580. The summed E-state index contributed by atoms with van der Waals surface area (Å²) < 4.78 is 5.02. The Balaban J connectivity index is 2.28. The number of thioether (sulfide) groups is 1. The molecule has 1 unspecified atom stereocenters. The Bertz CT molecular complexity index is 337. The fourth-order valence-electron chi connectivity index (χ4n) is 1.76. The van der Waals surface area contributed by atoms with Crippen molar-refractivity contribution in [2.45, 2.75) is 37.5 Å². The number of hydrogen-bond acceptors (Lipinski definition) is 4. The summed E-state index contributed by atoms with van der Waals surface area (Å²) in [6.07, 6.45) is 1.07. The summed E-state index contributed by atoms with van der Waals surface area (Å²) >= 11 is 1.83. The van der Waals surface area contributed by atoms with E-state index in [1.165, 1.54) is 5.56 Å². The number of nitrogens with one attached hydrogen (secondary N) is 1. The Morgan fingerprint density at radius 2 is 2.17 bits per heavy atom. The average molecular weight is 268 g/mol. The smallest absolute Gasteiger partial charge is 0.0968 e. The van der Waals surface area contributed by atoms with Gasteiger partial charge in [0, 0.05) is 31.2 Å². The summed E-state index contributed by atoms with van der Waals surface area (Å²) in [5.41, 5.74) is 2.38. The molecule has 1 atom stereocenters. The van der Waals surface area contributed by atoms with Gasteiger partial charge >= 0.3 is 0 Å². The van der Waals surface area contributed by atoms with Crippen molar-refractivity contribution in [3.63, 3.8) is 0 Å². The molecule has 1 aromatic rings. The zero-order valence-electron chi connectivity index (χ0n) is 11.8. The monoisotopic (exact) mass is 268 g/mol. The van der Waals surface area contributed by atoms with Crippen LogP contribution in [0.5, 0.6) is 0 Å². The Morgan fingerprint density at radius 1 is 1.39 bits per heavy atom. The molecule has 102 valence electrons. The molecule has 1 rings (SSSR count). The van der Waals surface area contributed by atoms with E-state index in [1.54, 1.807) is 7.11 Å². The predicted octanol–water partition coefficient (Wildman–Crippen LogP) is 2.81. The molecule has 0 aromatic carbocycles. The van der Waals surface area contributed by atoms with Gasteiger partial charge in [0.05, 0.1) is 5.03 Å². The average Bonchev–Trinajstić information content (AvgIpc) is 2.27. The van der Waals surface area contributed by atoms with E-state index >= 15 is 0 Å². The molecular formula is C14H24N2OS. The molecule has 0 fully saturated rings. The van der Waals surface area contributed by atoms with Gasteiger partial charge < -0.3 is 10.1 Å². The molecule has 0 aliphatic rings. The van der Waals surface area contributed by atoms with Crippen LogP contribution in [0.2, 0.25) is 0 Å². The minimum Gasteiger partial charge on any atom is -0.385 e. The van der Waals surface area contributed by atoms with Gasteiger partial charge in [-0.2, -0.15) is 0 Å². The number of nitrogens with zero attached hydrogens (tertiary/aromatic N) is 1. The van der Waals surface area contributed by atoms with Crippen molar-refractivity contribution >= 4 is 11.8 Å². The first-order chi connectivity index (χ1) is 8.61. The third-order valence-corrected chi connectivity index (χ3v) is 3.55. The van der Waals surface area contributed by atoms with E-state index < -0.39 is 0 Å². The molecule has 0 saturated carbocycles. The van der Waals surface area contributed by atoms with E-state index in [-0.39, 0.29) is 0 Å². The van der Waals surface area contributed by atoms with Gasteiger partial charge in [-0.15, -0.1) is 11.8 Å². The van der Waals surface area contributed by atoms with Crippen molar-refractivity contribution in [1.82, 2.24) is 10.3 Å². The first kappa shape index (κ1) is 15.5. The highest BCUT2D eigenvalue weighted by atomic mass is 32.2. The molecular weight excluding hydrogens is 244 g/mol. The minimum atomic E-state index is 0.529. The second-order valence-corrected chi connectivity index (χ2v) is 6.06. The number of aromatic nitrogens is 1. The van der Waals surface area contributed by atoms with E-state index in [1.807, 2.05) is 18.7 Å². The zero-order valence-corrected chi connectivity index (χ0v) is 12.6. The molecule has 3 nitrogen and oxygen atoms in total. The van der Waals surface area contributed by atoms with Gasteiger partial charge in [-0.1, -0.05) is 6.92 Å². The number of aryl methyl sites for hydroxylation is 2. The standard InChI is InChI=1S/C14H24N2OS/c1-11-8-12(2)16-14(9-11)18-13(3)10-15-6-5-7-17-4/h8-9,13,15H,5-7,10H2,1-4H3. The van der Waals surface area contributed by atoms with Crippen LogP contribution in [0.1, 0.15) is 24.6 Å². The van der Waals surface area contributed by atoms with Crippen LogP contribution in [-0.4, -0.2) is 37.0 Å². The van der Waals surface area contributed by atoms with Gasteiger partial charge in [0.25, 0.3) is 0 Å². The summed E-state index contributed by atoms with van der Waals surface area (Å²) in [5.74, 6) is 0. The molecule has 0 radical (unpaired) electrons. The van der Waals surface area contributed by atoms with Crippen molar-refractivity contribution < 1.29 is 4.74 Å². The van der Waals surface area contributed by atoms with Crippen LogP contribution in [0.15, 0.2) is 17.2 Å². The molecule has 0 saturated heterocycles. The Labute approximate surface area is 115 Å². The summed E-state index contributed by atoms with van der Waals surface area (Å²) in [6.45, 7) is 9.24. The molecule has 0 bridgehead atoms. The first-order valence-corrected chi connectivity index (χ1v) is 7.31. The van der Waals surface area contributed by atoms with Crippen LogP contribution < -0.4 is 5.32 Å². The molecule has 0 aliphatic carbocycles. The van der Waals surface area contributed by atoms with Crippen molar-refractivity contribution in [2.24, 2.45) is 0 Å². The number of ether oxygens (including phenoxy) is 1. The van der Waals surface area contributed by atoms with Crippen LogP contribution in [0.25, 0.3) is 0 Å². The topological polar surface area (TPSA) is 34.1 Å². The van der Waals surface area contributed by atoms with Crippen molar-refractivity contribution in [3.8, 4) is 0 Å². The maximum Gasteiger partial charge on any atom is 0.0968 e. The van der Waals surface area contributed by atoms with Crippen LogP contribution in [-0.2, 0) is 4.74 Å². The summed E-state index contributed by atoms with van der Waals surface area (Å²) in [5, 5.41) is 5.09. The summed E-state index contributed by atoms with van der Waals surface area (Å²) in [7, 11) is 1.74.